The lowest BCUT2D eigenvalue weighted by Crippen LogP contribution is -2.46. The Morgan fingerprint density at radius 3 is 2.70 bits per heavy atom. The molecule has 1 fully saturated rings. The van der Waals surface area contributed by atoms with E-state index in [1.807, 2.05) is 37.6 Å². The molecule has 136 valence electrons. The van der Waals surface area contributed by atoms with Gasteiger partial charge in [-0.15, -0.1) is 0 Å². The van der Waals surface area contributed by atoms with E-state index in [0.29, 0.717) is 5.56 Å². The summed E-state index contributed by atoms with van der Waals surface area (Å²) in [6.45, 7) is 4.59. The molecule has 1 aromatic carbocycles. The van der Waals surface area contributed by atoms with E-state index in [4.69, 9.17) is 10.2 Å². The molecule has 1 aliphatic heterocycles. The lowest BCUT2D eigenvalue weighted by molar-refractivity contribution is 0.249. The molecule has 3 heterocycles. The number of aryl methyl sites for hydroxylation is 1. The van der Waals surface area contributed by atoms with Crippen LogP contribution in [0, 0.1) is 11.3 Å². The topological polar surface area (TPSA) is 73.9 Å². The fraction of sp³-hybridized carbons (Fsp3) is 0.300. The quantitative estimate of drug-likeness (QED) is 0.710. The fourth-order valence-electron chi connectivity index (χ4n) is 3.33. The normalized spacial score (nSPS) is 14.9. The van der Waals surface area contributed by atoms with Crippen LogP contribution in [0.15, 0.2) is 49.1 Å². The zero-order chi connectivity index (χ0) is 18.6. The Bertz CT molecular complexity index is 964. The van der Waals surface area contributed by atoms with Crippen LogP contribution in [0.2, 0.25) is 0 Å². The predicted octanol–water partition coefficient (Wildman–Crippen LogP) is 2.07. The SMILES string of the molecule is Cn1cc(-c2cncc(N3CCN(Cc4cccc(C#N)c4)CC3)n2)cn1. The van der Waals surface area contributed by atoms with Gasteiger partial charge in [-0.25, -0.2) is 4.98 Å². The van der Waals surface area contributed by atoms with E-state index in [1.54, 1.807) is 17.1 Å². The zero-order valence-electron chi connectivity index (χ0n) is 15.3. The summed E-state index contributed by atoms with van der Waals surface area (Å²) in [6, 6.07) is 10.0. The van der Waals surface area contributed by atoms with Gasteiger partial charge in [0.05, 0.1) is 35.9 Å². The van der Waals surface area contributed by atoms with Gasteiger partial charge in [0.2, 0.25) is 0 Å². The van der Waals surface area contributed by atoms with Crippen LogP contribution in [0.25, 0.3) is 11.3 Å². The van der Waals surface area contributed by atoms with Crippen LogP contribution in [-0.2, 0) is 13.6 Å². The molecule has 0 N–H and O–H groups in total. The van der Waals surface area contributed by atoms with Crippen molar-refractivity contribution in [2.75, 3.05) is 31.1 Å². The Balaban J connectivity index is 1.40. The Hall–Kier alpha value is -3.24. The van der Waals surface area contributed by atoms with E-state index >= 15 is 0 Å². The van der Waals surface area contributed by atoms with Crippen molar-refractivity contribution in [3.63, 3.8) is 0 Å². The van der Waals surface area contributed by atoms with E-state index in [1.165, 1.54) is 5.56 Å². The van der Waals surface area contributed by atoms with E-state index < -0.39 is 0 Å². The van der Waals surface area contributed by atoms with Crippen LogP contribution in [0.3, 0.4) is 0 Å². The van der Waals surface area contributed by atoms with Crippen molar-refractivity contribution >= 4 is 5.82 Å². The van der Waals surface area contributed by atoms with E-state index in [-0.39, 0.29) is 0 Å². The maximum Gasteiger partial charge on any atom is 0.147 e. The molecule has 1 saturated heterocycles. The standard InChI is InChI=1S/C20H21N7/c1-25-15-18(11-23-25)19-12-22-13-20(24-19)27-7-5-26(6-8-27)14-17-4-2-3-16(9-17)10-21/h2-4,9,11-13,15H,5-8,14H2,1H3. The first-order valence-corrected chi connectivity index (χ1v) is 8.99. The van der Waals surface area contributed by atoms with E-state index in [2.05, 4.69) is 32.0 Å². The highest BCUT2D eigenvalue weighted by molar-refractivity contribution is 5.58. The molecule has 1 aliphatic rings. The summed E-state index contributed by atoms with van der Waals surface area (Å²) in [5, 5.41) is 13.3. The largest absolute Gasteiger partial charge is 0.353 e. The number of benzene rings is 1. The van der Waals surface area contributed by atoms with Crippen LogP contribution in [0.1, 0.15) is 11.1 Å². The van der Waals surface area contributed by atoms with Crippen molar-refractivity contribution in [3.8, 4) is 17.3 Å². The van der Waals surface area contributed by atoms with Crippen molar-refractivity contribution in [3.05, 3.63) is 60.2 Å². The summed E-state index contributed by atoms with van der Waals surface area (Å²) in [5.74, 6) is 0.905. The molecule has 0 spiro atoms. The molecule has 0 bridgehead atoms. The summed E-state index contributed by atoms with van der Waals surface area (Å²) in [5.41, 5.74) is 3.72. The smallest absolute Gasteiger partial charge is 0.147 e. The Kier molecular flexibility index (Phi) is 4.81. The fourth-order valence-corrected chi connectivity index (χ4v) is 3.33. The molecule has 0 radical (unpaired) electrons. The van der Waals surface area contributed by atoms with Crippen LogP contribution in [0.5, 0.6) is 0 Å². The highest BCUT2D eigenvalue weighted by Crippen LogP contribution is 2.20. The lowest BCUT2D eigenvalue weighted by Gasteiger charge is -2.35. The van der Waals surface area contributed by atoms with Gasteiger partial charge in [0.1, 0.15) is 5.82 Å². The van der Waals surface area contributed by atoms with Crippen molar-refractivity contribution in [1.29, 1.82) is 5.26 Å². The molecular weight excluding hydrogens is 338 g/mol. The number of anilines is 1. The van der Waals surface area contributed by atoms with Gasteiger partial charge in [-0.2, -0.15) is 10.4 Å². The number of nitriles is 1. The number of rotatable bonds is 4. The molecule has 0 saturated carbocycles. The third-order valence-electron chi connectivity index (χ3n) is 4.78. The third kappa shape index (κ3) is 3.96. The first kappa shape index (κ1) is 17.2. The van der Waals surface area contributed by atoms with Crippen molar-refractivity contribution in [2.24, 2.45) is 7.05 Å². The molecular formula is C20H21N7. The van der Waals surface area contributed by atoms with Gasteiger partial charge in [-0.3, -0.25) is 14.6 Å². The second-order valence-electron chi connectivity index (χ2n) is 6.74. The van der Waals surface area contributed by atoms with Crippen molar-refractivity contribution < 1.29 is 0 Å². The summed E-state index contributed by atoms with van der Waals surface area (Å²) in [6.07, 6.45) is 7.35. The van der Waals surface area contributed by atoms with Crippen molar-refractivity contribution in [1.82, 2.24) is 24.6 Å². The van der Waals surface area contributed by atoms with Crippen LogP contribution < -0.4 is 4.90 Å². The number of hydrogen-bond acceptors (Lipinski definition) is 6. The number of aromatic nitrogens is 4. The molecule has 7 heteroatoms. The number of piperazine rings is 1. The highest BCUT2D eigenvalue weighted by atomic mass is 15.3. The van der Waals surface area contributed by atoms with Gasteiger partial charge in [-0.1, -0.05) is 12.1 Å². The van der Waals surface area contributed by atoms with Crippen LogP contribution >= 0.6 is 0 Å². The Morgan fingerprint density at radius 1 is 1.11 bits per heavy atom. The van der Waals surface area contributed by atoms with Gasteiger partial charge in [0.15, 0.2) is 0 Å². The molecule has 0 amide bonds. The molecule has 0 atom stereocenters. The third-order valence-corrected chi connectivity index (χ3v) is 4.78. The first-order valence-electron chi connectivity index (χ1n) is 8.99. The van der Waals surface area contributed by atoms with E-state index in [0.717, 1.165) is 49.8 Å². The van der Waals surface area contributed by atoms with Crippen molar-refractivity contribution in [2.45, 2.75) is 6.54 Å². The first-order chi connectivity index (χ1) is 13.2. The molecule has 3 aromatic rings. The average Bonchev–Trinajstić information content (AvgIpc) is 3.15. The Morgan fingerprint density at radius 2 is 1.96 bits per heavy atom. The maximum atomic E-state index is 9.05. The van der Waals surface area contributed by atoms with Gasteiger partial charge in [0, 0.05) is 51.5 Å². The summed E-state index contributed by atoms with van der Waals surface area (Å²) < 4.78 is 1.77. The van der Waals surface area contributed by atoms with Crippen LogP contribution in [0.4, 0.5) is 5.82 Å². The second kappa shape index (κ2) is 7.56. The maximum absolute atomic E-state index is 9.05. The summed E-state index contributed by atoms with van der Waals surface area (Å²) >= 11 is 0. The molecule has 0 aliphatic carbocycles. The van der Waals surface area contributed by atoms with Gasteiger partial charge >= 0.3 is 0 Å². The summed E-state index contributed by atoms with van der Waals surface area (Å²) in [4.78, 5) is 13.8. The average molecular weight is 359 g/mol. The molecule has 4 rings (SSSR count). The van der Waals surface area contributed by atoms with Gasteiger partial charge < -0.3 is 4.90 Å². The minimum Gasteiger partial charge on any atom is -0.353 e. The minimum absolute atomic E-state index is 0.716. The molecule has 27 heavy (non-hydrogen) atoms. The molecule has 2 aromatic heterocycles. The lowest BCUT2D eigenvalue weighted by atomic mass is 10.1. The van der Waals surface area contributed by atoms with Gasteiger partial charge in [0.25, 0.3) is 0 Å². The minimum atomic E-state index is 0.716. The second-order valence-corrected chi connectivity index (χ2v) is 6.74. The zero-order valence-corrected chi connectivity index (χ0v) is 15.3. The Labute approximate surface area is 158 Å². The van der Waals surface area contributed by atoms with Gasteiger partial charge in [-0.05, 0) is 17.7 Å². The predicted molar refractivity (Wildman–Crippen MR) is 103 cm³/mol. The van der Waals surface area contributed by atoms with Crippen LogP contribution in [-0.4, -0.2) is 50.8 Å². The van der Waals surface area contributed by atoms with E-state index in [9.17, 15) is 0 Å². The monoisotopic (exact) mass is 359 g/mol. The summed E-state index contributed by atoms with van der Waals surface area (Å²) in [7, 11) is 1.90. The molecule has 7 nitrogen and oxygen atoms in total. The number of hydrogen-bond donors (Lipinski definition) is 0. The highest BCUT2D eigenvalue weighted by Gasteiger charge is 2.19. The number of nitrogens with zero attached hydrogens (tertiary/aromatic N) is 7. The molecule has 0 unspecified atom stereocenters.